The number of likely N-dealkylation sites (N-methyl/N-ethyl adjacent to an activating group) is 4. The minimum Gasteiger partial charge on any atom is -0.480 e. The van der Waals surface area contributed by atoms with Gasteiger partial charge in [0, 0.05) is 27.2 Å². The van der Waals surface area contributed by atoms with Gasteiger partial charge >= 0.3 is 18.2 Å². The van der Waals surface area contributed by atoms with Gasteiger partial charge in [-0.2, -0.15) is 9.59 Å². The summed E-state index contributed by atoms with van der Waals surface area (Å²) in [6.07, 6.45) is -3.83. The van der Waals surface area contributed by atoms with E-state index >= 15 is 0 Å². The van der Waals surface area contributed by atoms with Gasteiger partial charge in [0.25, 0.3) is 11.8 Å². The SMILES string of the molecule is CN(CC(O)CO)C(=O)C[N+](C)(CC1CCCC(C[N+](C)(CC(=O)N(C)CC(O)CO)C(=O)O)N1CC(=O)O)C(=O)O. The van der Waals surface area contributed by atoms with Crippen LogP contribution in [0.1, 0.15) is 19.3 Å². The first kappa shape index (κ1) is 37.1. The number of carboxylic acids is 1. The van der Waals surface area contributed by atoms with Gasteiger partial charge in [0.05, 0.1) is 58.1 Å². The van der Waals surface area contributed by atoms with Crippen LogP contribution in [0.5, 0.6) is 0 Å². The summed E-state index contributed by atoms with van der Waals surface area (Å²) in [6.45, 7) is -3.54. The number of aliphatic hydroxyl groups excluding tert-OH is 4. The molecule has 6 atom stereocenters. The summed E-state index contributed by atoms with van der Waals surface area (Å²) in [5.41, 5.74) is 0. The minimum atomic E-state index is -1.35. The van der Waals surface area contributed by atoms with Crippen LogP contribution >= 0.6 is 0 Å². The summed E-state index contributed by atoms with van der Waals surface area (Å²) in [4.78, 5) is 65.9. The standard InChI is InChI=1S/C25H45N5O12/c1-26(8-19(33)15-31)21(35)13-29(3,24(39)40)11-17-6-5-7-18(28(17)10-23(37)38)12-30(4,25(41)42)14-22(36)27(2)9-20(34)16-32/h17-20,31-34H,5-16H2,1-4H3,(H-2,37,38,39,40,41,42)/p+2. The molecule has 17 nitrogen and oxygen atoms in total. The predicted molar refractivity (Wildman–Crippen MR) is 145 cm³/mol. The van der Waals surface area contributed by atoms with Crippen molar-refractivity contribution in [2.75, 3.05) is 87.2 Å². The third-order valence-corrected chi connectivity index (χ3v) is 7.69. The zero-order valence-corrected chi connectivity index (χ0v) is 24.7. The molecule has 0 bridgehead atoms. The van der Waals surface area contributed by atoms with Crippen molar-refractivity contribution >= 4 is 30.0 Å². The molecule has 1 aliphatic heterocycles. The second-order valence-corrected chi connectivity index (χ2v) is 11.6. The van der Waals surface area contributed by atoms with Gasteiger partial charge in [-0.05, 0) is 19.3 Å². The van der Waals surface area contributed by atoms with E-state index in [1.54, 1.807) is 0 Å². The van der Waals surface area contributed by atoms with Crippen molar-refractivity contribution in [2.45, 2.75) is 43.6 Å². The smallest absolute Gasteiger partial charge is 0.480 e. The van der Waals surface area contributed by atoms with Crippen molar-refractivity contribution in [3.05, 3.63) is 0 Å². The molecular weight excluding hydrogens is 562 g/mol. The molecule has 6 unspecified atom stereocenters. The number of hydrogen-bond donors (Lipinski definition) is 7. The van der Waals surface area contributed by atoms with Gasteiger partial charge < -0.3 is 45.5 Å². The van der Waals surface area contributed by atoms with E-state index in [-0.39, 0.29) is 26.2 Å². The Balaban J connectivity index is 3.23. The lowest BCUT2D eigenvalue weighted by atomic mass is 9.93. The molecule has 1 aliphatic rings. The molecule has 42 heavy (non-hydrogen) atoms. The summed E-state index contributed by atoms with van der Waals surface area (Å²) >= 11 is 0. The molecule has 0 aliphatic carbocycles. The van der Waals surface area contributed by atoms with E-state index in [4.69, 9.17) is 10.2 Å². The molecule has 1 saturated heterocycles. The van der Waals surface area contributed by atoms with Crippen LogP contribution in [0, 0.1) is 0 Å². The van der Waals surface area contributed by atoms with Crippen LogP contribution in [0.2, 0.25) is 0 Å². The molecule has 0 spiro atoms. The summed E-state index contributed by atoms with van der Waals surface area (Å²) in [5.74, 6) is -2.45. The zero-order valence-electron chi connectivity index (χ0n) is 24.7. The summed E-state index contributed by atoms with van der Waals surface area (Å²) in [7, 11) is 5.33. The van der Waals surface area contributed by atoms with Crippen LogP contribution in [-0.4, -0.2) is 201 Å². The fourth-order valence-corrected chi connectivity index (χ4v) is 5.17. The molecule has 1 heterocycles. The number of aliphatic hydroxyl groups is 4. The Morgan fingerprint density at radius 1 is 0.762 bits per heavy atom. The molecule has 0 saturated carbocycles. The van der Waals surface area contributed by atoms with Crippen LogP contribution < -0.4 is 0 Å². The Kier molecular flexibility index (Phi) is 14.2. The molecule has 17 heteroatoms. The first-order valence-corrected chi connectivity index (χ1v) is 13.6. The highest BCUT2D eigenvalue weighted by molar-refractivity contribution is 5.79. The van der Waals surface area contributed by atoms with Gasteiger partial charge in [-0.25, -0.2) is 8.97 Å². The topological polar surface area (TPSA) is 237 Å². The highest BCUT2D eigenvalue weighted by Gasteiger charge is 2.46. The highest BCUT2D eigenvalue weighted by atomic mass is 16.4. The van der Waals surface area contributed by atoms with Gasteiger partial charge in [-0.15, -0.1) is 0 Å². The number of amides is 4. The third-order valence-electron chi connectivity index (χ3n) is 7.69. The lowest BCUT2D eigenvalue weighted by Crippen LogP contribution is -2.65. The number of carbonyl (C=O) groups is 5. The van der Waals surface area contributed by atoms with Crippen molar-refractivity contribution < 1.29 is 68.7 Å². The Morgan fingerprint density at radius 3 is 1.40 bits per heavy atom. The molecule has 0 aromatic carbocycles. The molecule has 242 valence electrons. The van der Waals surface area contributed by atoms with Crippen LogP contribution in [0.25, 0.3) is 0 Å². The van der Waals surface area contributed by atoms with E-state index in [1.807, 2.05) is 0 Å². The second kappa shape index (κ2) is 16.1. The maximum absolute atomic E-state index is 12.8. The van der Waals surface area contributed by atoms with E-state index in [0.717, 1.165) is 9.80 Å². The van der Waals surface area contributed by atoms with Gasteiger partial charge in [0.15, 0.2) is 13.1 Å². The lowest BCUT2D eigenvalue weighted by Gasteiger charge is -2.45. The number of hydrogen-bond acceptors (Lipinski definition) is 10. The average molecular weight is 610 g/mol. The highest BCUT2D eigenvalue weighted by Crippen LogP contribution is 2.27. The Labute approximate surface area is 244 Å². The zero-order chi connectivity index (χ0) is 32.4. The molecule has 0 aromatic heterocycles. The first-order valence-electron chi connectivity index (χ1n) is 13.6. The first-order chi connectivity index (χ1) is 19.4. The fourth-order valence-electron chi connectivity index (χ4n) is 5.17. The van der Waals surface area contributed by atoms with Gasteiger partial charge in [-0.1, -0.05) is 0 Å². The van der Waals surface area contributed by atoms with Crippen LogP contribution in [0.4, 0.5) is 9.59 Å². The number of nitrogens with zero attached hydrogens (tertiary/aromatic N) is 5. The molecule has 0 radical (unpaired) electrons. The van der Waals surface area contributed by atoms with Crippen LogP contribution in [0.3, 0.4) is 0 Å². The third kappa shape index (κ3) is 10.7. The minimum absolute atomic E-state index is 0.182. The normalized spacial score (nSPS) is 21.8. The summed E-state index contributed by atoms with van der Waals surface area (Å²) < 4.78 is -1.62. The summed E-state index contributed by atoms with van der Waals surface area (Å²) in [5, 5.41) is 67.2. The number of rotatable bonds is 16. The van der Waals surface area contributed by atoms with Gasteiger partial charge in [-0.3, -0.25) is 19.3 Å². The van der Waals surface area contributed by atoms with Crippen molar-refractivity contribution in [1.29, 1.82) is 0 Å². The summed E-state index contributed by atoms with van der Waals surface area (Å²) in [6, 6.07) is -1.33. The van der Waals surface area contributed by atoms with Crippen molar-refractivity contribution in [1.82, 2.24) is 14.7 Å². The monoisotopic (exact) mass is 609 g/mol. The average Bonchev–Trinajstić information content (AvgIpc) is 2.89. The number of aliphatic carboxylic acids is 1. The number of quaternary nitrogens is 2. The number of likely N-dealkylation sites (tertiary alicyclic amines) is 1. The van der Waals surface area contributed by atoms with Crippen molar-refractivity contribution in [3.8, 4) is 0 Å². The molecule has 4 amide bonds. The number of piperidine rings is 1. The van der Waals surface area contributed by atoms with E-state index in [9.17, 15) is 49.5 Å². The van der Waals surface area contributed by atoms with Gasteiger partial charge in [0.1, 0.15) is 13.1 Å². The molecule has 1 fully saturated rings. The molecule has 7 N–H and O–H groups in total. The Morgan fingerprint density at radius 2 is 1.12 bits per heavy atom. The Hall–Kier alpha value is -2.93. The van der Waals surface area contributed by atoms with E-state index < -0.39 is 96.1 Å². The lowest BCUT2D eigenvalue weighted by molar-refractivity contribution is -0.836. The molecule has 1 rings (SSSR count). The number of carbonyl (C=O) groups excluding carboxylic acids is 2. The van der Waals surface area contributed by atoms with E-state index in [2.05, 4.69) is 0 Å². The van der Waals surface area contributed by atoms with Gasteiger partial charge in [0.2, 0.25) is 0 Å². The van der Waals surface area contributed by atoms with Crippen LogP contribution in [0.15, 0.2) is 0 Å². The van der Waals surface area contributed by atoms with E-state index in [0.29, 0.717) is 19.3 Å². The maximum atomic E-state index is 12.8. The second-order valence-electron chi connectivity index (χ2n) is 11.6. The molecular formula is C25H47N5O12+2. The van der Waals surface area contributed by atoms with Crippen molar-refractivity contribution in [3.63, 3.8) is 0 Å². The maximum Gasteiger partial charge on any atom is 0.513 e. The molecule has 0 aromatic rings. The predicted octanol–water partition coefficient (Wildman–Crippen LogP) is -2.83. The Bertz CT molecular complexity index is 904. The van der Waals surface area contributed by atoms with Crippen LogP contribution in [-0.2, 0) is 14.4 Å². The van der Waals surface area contributed by atoms with E-state index in [1.165, 1.54) is 33.1 Å². The fraction of sp³-hybridized carbons (Fsp3) is 0.800. The van der Waals surface area contributed by atoms with Crippen molar-refractivity contribution in [2.24, 2.45) is 0 Å². The number of carboxylic acid groups (broad SMARTS) is 3. The largest absolute Gasteiger partial charge is 0.513 e. The quantitative estimate of drug-likeness (QED) is 0.0875.